The number of halogens is 2. The molecular formula is C18H21ClFN. The monoisotopic (exact) mass is 305 g/mol. The molecule has 2 aromatic carbocycles. The van der Waals surface area contributed by atoms with Crippen LogP contribution in [0.15, 0.2) is 42.5 Å². The van der Waals surface area contributed by atoms with E-state index in [0.29, 0.717) is 0 Å². The van der Waals surface area contributed by atoms with Crippen molar-refractivity contribution in [2.24, 2.45) is 5.73 Å². The Hall–Kier alpha value is -1.38. The second-order valence-corrected chi connectivity index (χ2v) is 6.42. The number of nitrogens with two attached hydrogens (primary N) is 1. The number of benzene rings is 2. The molecule has 2 N–H and O–H groups in total. The summed E-state index contributed by atoms with van der Waals surface area (Å²) >= 11 is 5.82. The van der Waals surface area contributed by atoms with E-state index in [4.69, 9.17) is 17.3 Å². The van der Waals surface area contributed by atoms with Crippen molar-refractivity contribution in [2.45, 2.75) is 38.6 Å². The molecule has 0 aliphatic heterocycles. The Morgan fingerprint density at radius 1 is 1.10 bits per heavy atom. The van der Waals surface area contributed by atoms with Gasteiger partial charge in [0.2, 0.25) is 0 Å². The van der Waals surface area contributed by atoms with Gasteiger partial charge in [-0.25, -0.2) is 4.39 Å². The Kier molecular flexibility index (Phi) is 4.70. The van der Waals surface area contributed by atoms with Gasteiger partial charge in [-0.1, -0.05) is 62.7 Å². The van der Waals surface area contributed by atoms with Crippen LogP contribution in [-0.4, -0.2) is 0 Å². The van der Waals surface area contributed by atoms with Crippen molar-refractivity contribution in [1.29, 1.82) is 0 Å². The molecule has 1 atom stereocenters. The Balaban J connectivity index is 2.27. The Morgan fingerprint density at radius 3 is 2.19 bits per heavy atom. The van der Waals surface area contributed by atoms with E-state index in [9.17, 15) is 4.39 Å². The second kappa shape index (κ2) is 6.17. The molecule has 0 radical (unpaired) electrons. The Bertz CT molecular complexity index is 620. The Morgan fingerprint density at radius 2 is 1.67 bits per heavy atom. The van der Waals surface area contributed by atoms with Gasteiger partial charge < -0.3 is 5.73 Å². The van der Waals surface area contributed by atoms with Gasteiger partial charge in [0.05, 0.1) is 11.1 Å². The van der Waals surface area contributed by atoms with Gasteiger partial charge in [-0.05, 0) is 40.7 Å². The van der Waals surface area contributed by atoms with Crippen molar-refractivity contribution in [1.82, 2.24) is 0 Å². The van der Waals surface area contributed by atoms with E-state index in [1.165, 1.54) is 11.6 Å². The maximum Gasteiger partial charge on any atom is 0.141 e. The highest BCUT2D eigenvalue weighted by Crippen LogP contribution is 2.29. The average molecular weight is 306 g/mol. The predicted octanol–water partition coefficient (Wildman–Crippen LogP) is 5.21. The van der Waals surface area contributed by atoms with Gasteiger partial charge in [-0.3, -0.25) is 0 Å². The minimum Gasteiger partial charge on any atom is -0.320 e. The third-order valence-corrected chi connectivity index (χ3v) is 4.53. The molecule has 2 rings (SSSR count). The molecule has 0 aliphatic carbocycles. The second-order valence-electron chi connectivity index (χ2n) is 6.01. The fourth-order valence-electron chi connectivity index (χ4n) is 2.24. The van der Waals surface area contributed by atoms with Gasteiger partial charge in [-0.2, -0.15) is 0 Å². The fourth-order valence-corrected chi connectivity index (χ4v) is 2.43. The van der Waals surface area contributed by atoms with Crippen molar-refractivity contribution < 1.29 is 4.39 Å². The molecule has 1 unspecified atom stereocenters. The normalized spacial score (nSPS) is 13.2. The number of hydrogen-bond donors (Lipinski definition) is 1. The zero-order valence-corrected chi connectivity index (χ0v) is 13.4. The van der Waals surface area contributed by atoms with Crippen molar-refractivity contribution in [3.05, 3.63) is 70.0 Å². The lowest BCUT2D eigenvalue weighted by Crippen LogP contribution is -2.16. The topological polar surface area (TPSA) is 26.0 Å². The Labute approximate surface area is 130 Å². The molecular weight excluding hydrogens is 285 g/mol. The molecule has 0 fully saturated rings. The van der Waals surface area contributed by atoms with Crippen LogP contribution in [-0.2, 0) is 5.41 Å². The smallest absolute Gasteiger partial charge is 0.141 e. The first-order valence-electron chi connectivity index (χ1n) is 7.16. The maximum absolute atomic E-state index is 13.2. The van der Waals surface area contributed by atoms with Crippen LogP contribution >= 0.6 is 11.6 Å². The van der Waals surface area contributed by atoms with Crippen LogP contribution in [0.3, 0.4) is 0 Å². The summed E-state index contributed by atoms with van der Waals surface area (Å²) < 4.78 is 13.2. The maximum atomic E-state index is 13.2. The molecule has 2 aromatic rings. The lowest BCUT2D eigenvalue weighted by molar-refractivity contribution is 0.506. The summed E-state index contributed by atoms with van der Waals surface area (Å²) in [4.78, 5) is 0. The van der Waals surface area contributed by atoms with Crippen LogP contribution in [0.2, 0.25) is 5.02 Å². The highest BCUT2D eigenvalue weighted by atomic mass is 35.5. The standard InChI is InChI=1S/C18H21ClFN/c1-4-18(2,3)14-8-5-12(6-9-14)17(21)13-7-10-16(20)15(19)11-13/h5-11,17H,4,21H2,1-3H3. The summed E-state index contributed by atoms with van der Waals surface area (Å²) in [6.45, 7) is 6.63. The van der Waals surface area contributed by atoms with Crippen molar-refractivity contribution in [2.75, 3.05) is 0 Å². The van der Waals surface area contributed by atoms with Gasteiger partial charge >= 0.3 is 0 Å². The van der Waals surface area contributed by atoms with Crippen LogP contribution in [0.1, 0.15) is 49.9 Å². The molecule has 0 aliphatic rings. The van der Waals surface area contributed by atoms with Gasteiger partial charge in [0, 0.05) is 0 Å². The van der Waals surface area contributed by atoms with Gasteiger partial charge in [0.1, 0.15) is 5.82 Å². The molecule has 0 saturated carbocycles. The molecule has 21 heavy (non-hydrogen) atoms. The lowest BCUT2D eigenvalue weighted by atomic mass is 9.81. The zero-order valence-electron chi connectivity index (χ0n) is 12.7. The van der Waals surface area contributed by atoms with Crippen LogP contribution in [0, 0.1) is 5.82 Å². The minimum atomic E-state index is -0.423. The van der Waals surface area contributed by atoms with Gasteiger partial charge in [-0.15, -0.1) is 0 Å². The van der Waals surface area contributed by atoms with E-state index in [1.807, 2.05) is 12.1 Å². The quantitative estimate of drug-likeness (QED) is 0.824. The predicted molar refractivity (Wildman–Crippen MR) is 87.2 cm³/mol. The van der Waals surface area contributed by atoms with E-state index >= 15 is 0 Å². The molecule has 0 spiro atoms. The third kappa shape index (κ3) is 3.45. The summed E-state index contributed by atoms with van der Waals surface area (Å²) in [5.74, 6) is -0.423. The van der Waals surface area contributed by atoms with E-state index in [2.05, 4.69) is 32.9 Å². The molecule has 0 amide bonds. The average Bonchev–Trinajstić information content (AvgIpc) is 2.49. The molecule has 0 heterocycles. The highest BCUT2D eigenvalue weighted by Gasteiger charge is 2.18. The molecule has 1 nitrogen and oxygen atoms in total. The molecule has 112 valence electrons. The first-order chi connectivity index (χ1) is 9.85. The van der Waals surface area contributed by atoms with Crippen molar-refractivity contribution in [3.8, 4) is 0 Å². The molecule has 3 heteroatoms. The molecule has 0 saturated heterocycles. The first kappa shape index (κ1) is 16.0. The summed E-state index contributed by atoms with van der Waals surface area (Å²) in [6.07, 6.45) is 1.08. The van der Waals surface area contributed by atoms with E-state index < -0.39 is 5.82 Å². The third-order valence-electron chi connectivity index (χ3n) is 4.24. The fraction of sp³-hybridized carbons (Fsp3) is 0.333. The van der Waals surface area contributed by atoms with Crippen LogP contribution in [0.25, 0.3) is 0 Å². The van der Waals surface area contributed by atoms with E-state index in [0.717, 1.165) is 17.5 Å². The summed E-state index contributed by atoms with van der Waals surface area (Å²) in [5.41, 5.74) is 9.49. The van der Waals surface area contributed by atoms with Crippen LogP contribution < -0.4 is 5.73 Å². The largest absolute Gasteiger partial charge is 0.320 e. The summed E-state index contributed by atoms with van der Waals surface area (Å²) in [5, 5.41) is 0.103. The SMILES string of the molecule is CCC(C)(C)c1ccc(C(N)c2ccc(F)c(Cl)c2)cc1. The van der Waals surface area contributed by atoms with Crippen molar-refractivity contribution in [3.63, 3.8) is 0 Å². The van der Waals surface area contributed by atoms with Crippen LogP contribution in [0.5, 0.6) is 0 Å². The molecule has 0 bridgehead atoms. The first-order valence-corrected chi connectivity index (χ1v) is 7.54. The molecule has 0 aromatic heterocycles. The number of hydrogen-bond acceptors (Lipinski definition) is 1. The zero-order chi connectivity index (χ0) is 15.6. The summed E-state index contributed by atoms with van der Waals surface area (Å²) in [6, 6.07) is 12.6. The van der Waals surface area contributed by atoms with Crippen LogP contribution in [0.4, 0.5) is 4.39 Å². The number of rotatable bonds is 4. The summed E-state index contributed by atoms with van der Waals surface area (Å²) in [7, 11) is 0. The van der Waals surface area contributed by atoms with Crippen molar-refractivity contribution >= 4 is 11.6 Å². The van der Waals surface area contributed by atoms with E-state index in [1.54, 1.807) is 12.1 Å². The minimum absolute atomic E-state index is 0.103. The highest BCUT2D eigenvalue weighted by molar-refractivity contribution is 6.30. The van der Waals surface area contributed by atoms with Gasteiger partial charge in [0.15, 0.2) is 0 Å². The van der Waals surface area contributed by atoms with Gasteiger partial charge in [0.25, 0.3) is 0 Å². The lowest BCUT2D eigenvalue weighted by Gasteiger charge is -2.24. The van der Waals surface area contributed by atoms with E-state index in [-0.39, 0.29) is 16.5 Å².